The summed E-state index contributed by atoms with van der Waals surface area (Å²) in [5.41, 5.74) is 5.60. The summed E-state index contributed by atoms with van der Waals surface area (Å²) in [6.07, 6.45) is 0. The number of carbonyl (C=O) groups excluding carboxylic acids is 1. The van der Waals surface area contributed by atoms with Crippen LogP contribution in [0.3, 0.4) is 0 Å². The van der Waals surface area contributed by atoms with E-state index >= 15 is 0 Å². The van der Waals surface area contributed by atoms with Crippen molar-refractivity contribution in [1.82, 2.24) is 0 Å². The monoisotopic (exact) mass is 235 g/mol. The number of carbonyl (C=O) groups is 1. The van der Waals surface area contributed by atoms with Crippen molar-refractivity contribution in [1.29, 1.82) is 0 Å². The van der Waals surface area contributed by atoms with E-state index in [1.165, 1.54) is 0 Å². The van der Waals surface area contributed by atoms with Gasteiger partial charge in [-0.1, -0.05) is 23.2 Å². The first-order valence-electron chi connectivity index (χ1n) is 3.44. The average molecular weight is 236 g/mol. The Hall–Kier alpha value is -0.380. The summed E-state index contributed by atoms with van der Waals surface area (Å²) in [4.78, 5) is 10.8. The number of rotatable bonds is 2. The molecule has 0 fully saturated rings. The molecular weight excluding hydrogens is 229 g/mol. The Labute approximate surface area is 91.4 Å². The fourth-order valence-corrected chi connectivity index (χ4v) is 1.57. The normalized spacial score (nSPS) is 12.5. The van der Waals surface area contributed by atoms with Gasteiger partial charge < -0.3 is 5.73 Å². The minimum absolute atomic E-state index is 0.434. The van der Waals surface area contributed by atoms with E-state index < -0.39 is 11.2 Å². The summed E-state index contributed by atoms with van der Waals surface area (Å²) in [6, 6.07) is 4.81. The van der Waals surface area contributed by atoms with Crippen LogP contribution in [0.1, 0.15) is 10.8 Å². The Morgan fingerprint density at radius 1 is 1.46 bits per heavy atom. The van der Waals surface area contributed by atoms with Crippen LogP contribution < -0.4 is 5.73 Å². The largest absolute Gasteiger partial charge is 0.368 e. The minimum Gasteiger partial charge on any atom is -0.368 e. The van der Waals surface area contributed by atoms with Crippen LogP contribution >= 0.6 is 35.8 Å². The van der Waals surface area contributed by atoms with Gasteiger partial charge in [0.25, 0.3) is 0 Å². The van der Waals surface area contributed by atoms with Crippen LogP contribution in [0.5, 0.6) is 0 Å². The molecule has 0 aromatic heterocycles. The third kappa shape index (κ3) is 2.53. The molecule has 0 saturated heterocycles. The van der Waals surface area contributed by atoms with Gasteiger partial charge in [-0.15, -0.1) is 0 Å². The zero-order chi connectivity index (χ0) is 10.0. The molecule has 5 heteroatoms. The molecular formula is C8H7Cl2NOS. The Kier molecular flexibility index (Phi) is 3.47. The summed E-state index contributed by atoms with van der Waals surface area (Å²) < 4.78 is 0. The third-order valence-corrected chi connectivity index (χ3v) is 2.63. The van der Waals surface area contributed by atoms with Gasteiger partial charge in [-0.25, -0.2) is 0 Å². The number of nitrogens with two attached hydrogens (primary N) is 1. The quantitative estimate of drug-likeness (QED) is 0.761. The number of amides is 1. The zero-order valence-corrected chi connectivity index (χ0v) is 8.90. The molecule has 13 heavy (non-hydrogen) atoms. The Morgan fingerprint density at radius 2 is 2.08 bits per heavy atom. The van der Waals surface area contributed by atoms with Crippen molar-refractivity contribution in [2.45, 2.75) is 5.25 Å². The SMILES string of the molecule is NC(=O)C(S)c1cc(Cl)ccc1Cl. The maximum atomic E-state index is 10.8. The molecule has 1 amide bonds. The lowest BCUT2D eigenvalue weighted by Crippen LogP contribution is -2.17. The van der Waals surface area contributed by atoms with Crippen LogP contribution in [0.4, 0.5) is 0 Å². The number of halogens is 2. The van der Waals surface area contributed by atoms with E-state index in [-0.39, 0.29) is 0 Å². The maximum Gasteiger partial charge on any atom is 0.234 e. The minimum atomic E-state index is -0.716. The van der Waals surface area contributed by atoms with Gasteiger partial charge in [0.2, 0.25) is 5.91 Å². The van der Waals surface area contributed by atoms with Crippen molar-refractivity contribution >= 4 is 41.7 Å². The summed E-state index contributed by atoms with van der Waals surface area (Å²) in [7, 11) is 0. The highest BCUT2D eigenvalue weighted by atomic mass is 35.5. The number of thiol groups is 1. The van der Waals surface area contributed by atoms with Gasteiger partial charge in [-0.3, -0.25) is 4.79 Å². The first-order chi connectivity index (χ1) is 6.02. The fourth-order valence-electron chi connectivity index (χ4n) is 0.877. The third-order valence-electron chi connectivity index (χ3n) is 1.52. The molecule has 1 aromatic carbocycles. The lowest BCUT2D eigenvalue weighted by Gasteiger charge is -2.08. The van der Waals surface area contributed by atoms with E-state index in [9.17, 15) is 4.79 Å². The Morgan fingerprint density at radius 3 is 2.62 bits per heavy atom. The molecule has 1 atom stereocenters. The second-order valence-corrected chi connectivity index (χ2v) is 3.83. The highest BCUT2D eigenvalue weighted by Crippen LogP contribution is 2.29. The van der Waals surface area contributed by atoms with Gasteiger partial charge in [-0.05, 0) is 23.8 Å². The van der Waals surface area contributed by atoms with Gasteiger partial charge >= 0.3 is 0 Å². The molecule has 1 rings (SSSR count). The van der Waals surface area contributed by atoms with Crippen LogP contribution in [0, 0.1) is 0 Å². The summed E-state index contributed by atoms with van der Waals surface area (Å²) in [6.45, 7) is 0. The van der Waals surface area contributed by atoms with Crippen LogP contribution in [0.2, 0.25) is 10.0 Å². The second-order valence-electron chi connectivity index (χ2n) is 2.47. The molecule has 2 nitrogen and oxygen atoms in total. The number of primary amides is 1. The lowest BCUT2D eigenvalue weighted by molar-refractivity contribution is -0.117. The average Bonchev–Trinajstić information content (AvgIpc) is 2.08. The van der Waals surface area contributed by atoms with Crippen LogP contribution in [0.15, 0.2) is 18.2 Å². The molecule has 0 spiro atoms. The molecule has 0 radical (unpaired) electrons. The smallest absolute Gasteiger partial charge is 0.234 e. The van der Waals surface area contributed by atoms with Gasteiger partial charge in [0.05, 0.1) is 0 Å². The molecule has 0 aliphatic carbocycles. The lowest BCUT2D eigenvalue weighted by atomic mass is 10.1. The van der Waals surface area contributed by atoms with Gasteiger partial charge in [0.1, 0.15) is 5.25 Å². The first kappa shape index (κ1) is 10.7. The Balaban J connectivity index is 3.12. The van der Waals surface area contributed by atoms with Crippen LogP contribution in [-0.2, 0) is 4.79 Å². The fraction of sp³-hybridized carbons (Fsp3) is 0.125. The van der Waals surface area contributed by atoms with E-state index in [0.29, 0.717) is 15.6 Å². The van der Waals surface area contributed by atoms with Crippen LogP contribution in [-0.4, -0.2) is 5.91 Å². The molecule has 0 saturated carbocycles. The van der Waals surface area contributed by atoms with E-state index in [4.69, 9.17) is 28.9 Å². The zero-order valence-electron chi connectivity index (χ0n) is 6.50. The maximum absolute atomic E-state index is 10.8. The van der Waals surface area contributed by atoms with Crippen molar-refractivity contribution < 1.29 is 4.79 Å². The van der Waals surface area contributed by atoms with Gasteiger partial charge in [-0.2, -0.15) is 12.6 Å². The van der Waals surface area contributed by atoms with E-state index in [1.807, 2.05) is 0 Å². The van der Waals surface area contributed by atoms with Crippen molar-refractivity contribution in [3.8, 4) is 0 Å². The van der Waals surface area contributed by atoms with Crippen molar-refractivity contribution in [2.24, 2.45) is 5.73 Å². The van der Waals surface area contributed by atoms with Crippen molar-refractivity contribution in [3.05, 3.63) is 33.8 Å². The van der Waals surface area contributed by atoms with E-state index in [1.54, 1.807) is 18.2 Å². The van der Waals surface area contributed by atoms with E-state index in [0.717, 1.165) is 0 Å². The summed E-state index contributed by atoms with van der Waals surface area (Å²) >= 11 is 15.6. The standard InChI is InChI=1S/C8H7Cl2NOS/c9-4-1-2-6(10)5(3-4)7(13)8(11)12/h1-3,7,13H,(H2,11,12). The number of benzene rings is 1. The molecule has 1 unspecified atom stereocenters. The molecule has 2 N–H and O–H groups in total. The van der Waals surface area contributed by atoms with Crippen LogP contribution in [0.25, 0.3) is 0 Å². The molecule has 70 valence electrons. The van der Waals surface area contributed by atoms with Crippen molar-refractivity contribution in [2.75, 3.05) is 0 Å². The summed E-state index contributed by atoms with van der Waals surface area (Å²) in [5, 5.41) is 0.217. The Bertz CT molecular complexity index is 343. The molecule has 0 aliphatic heterocycles. The van der Waals surface area contributed by atoms with Crippen molar-refractivity contribution in [3.63, 3.8) is 0 Å². The topological polar surface area (TPSA) is 43.1 Å². The molecule has 1 aromatic rings. The van der Waals surface area contributed by atoms with Gasteiger partial charge in [0.15, 0.2) is 0 Å². The summed E-state index contributed by atoms with van der Waals surface area (Å²) in [5.74, 6) is -0.549. The predicted molar refractivity (Wildman–Crippen MR) is 57.4 cm³/mol. The second kappa shape index (κ2) is 4.22. The highest BCUT2D eigenvalue weighted by Gasteiger charge is 2.15. The molecule has 0 heterocycles. The number of hydrogen-bond donors (Lipinski definition) is 2. The highest BCUT2D eigenvalue weighted by molar-refractivity contribution is 7.81. The molecule has 0 bridgehead atoms. The number of hydrogen-bond acceptors (Lipinski definition) is 2. The predicted octanol–water partition coefficient (Wildman–Crippen LogP) is 2.45. The van der Waals surface area contributed by atoms with E-state index in [2.05, 4.69) is 12.6 Å². The first-order valence-corrected chi connectivity index (χ1v) is 4.72. The molecule has 0 aliphatic rings. The van der Waals surface area contributed by atoms with Gasteiger partial charge in [0, 0.05) is 10.0 Å².